The SMILES string of the molecule is Cn1c(CNCC(O)c2ccncc2)nc2ccccc21. The zero-order chi connectivity index (χ0) is 14.7. The number of aromatic nitrogens is 3. The number of aliphatic hydroxyl groups is 1. The van der Waals surface area contributed by atoms with E-state index < -0.39 is 6.10 Å². The lowest BCUT2D eigenvalue weighted by atomic mass is 10.1. The van der Waals surface area contributed by atoms with Crippen molar-refractivity contribution in [1.82, 2.24) is 19.9 Å². The van der Waals surface area contributed by atoms with Gasteiger partial charge in [-0.3, -0.25) is 4.98 Å². The first-order valence-electron chi connectivity index (χ1n) is 6.95. The number of hydrogen-bond acceptors (Lipinski definition) is 4. The largest absolute Gasteiger partial charge is 0.387 e. The summed E-state index contributed by atoms with van der Waals surface area (Å²) in [6.07, 6.45) is 2.83. The Bertz CT molecular complexity index is 723. The number of pyridine rings is 1. The maximum Gasteiger partial charge on any atom is 0.123 e. The Morgan fingerprint density at radius 1 is 1.19 bits per heavy atom. The quantitative estimate of drug-likeness (QED) is 0.749. The van der Waals surface area contributed by atoms with Gasteiger partial charge in [-0.05, 0) is 29.8 Å². The molecule has 1 unspecified atom stereocenters. The zero-order valence-electron chi connectivity index (χ0n) is 11.9. The molecular weight excluding hydrogens is 264 g/mol. The van der Waals surface area contributed by atoms with Crippen LogP contribution in [0.4, 0.5) is 0 Å². The number of aliphatic hydroxyl groups excluding tert-OH is 1. The third kappa shape index (κ3) is 2.94. The second kappa shape index (κ2) is 6.03. The molecule has 1 aromatic carbocycles. The van der Waals surface area contributed by atoms with Crippen LogP contribution in [0.3, 0.4) is 0 Å². The van der Waals surface area contributed by atoms with Crippen LogP contribution < -0.4 is 5.32 Å². The van der Waals surface area contributed by atoms with E-state index in [1.54, 1.807) is 12.4 Å². The van der Waals surface area contributed by atoms with E-state index in [9.17, 15) is 5.11 Å². The van der Waals surface area contributed by atoms with Gasteiger partial charge >= 0.3 is 0 Å². The number of nitrogens with one attached hydrogen (secondary N) is 1. The van der Waals surface area contributed by atoms with E-state index >= 15 is 0 Å². The van der Waals surface area contributed by atoms with Gasteiger partial charge in [0.2, 0.25) is 0 Å². The van der Waals surface area contributed by atoms with E-state index in [2.05, 4.69) is 25.9 Å². The molecule has 0 radical (unpaired) electrons. The smallest absolute Gasteiger partial charge is 0.123 e. The normalized spacial score (nSPS) is 12.7. The summed E-state index contributed by atoms with van der Waals surface area (Å²) in [6.45, 7) is 1.10. The number of aryl methyl sites for hydroxylation is 1. The average Bonchev–Trinajstić information content (AvgIpc) is 2.85. The number of nitrogens with zero attached hydrogens (tertiary/aromatic N) is 3. The summed E-state index contributed by atoms with van der Waals surface area (Å²) in [6, 6.07) is 11.7. The number of para-hydroxylation sites is 2. The lowest BCUT2D eigenvalue weighted by Crippen LogP contribution is -2.22. The molecule has 1 atom stereocenters. The van der Waals surface area contributed by atoms with Crippen molar-refractivity contribution in [2.45, 2.75) is 12.6 Å². The minimum atomic E-state index is -0.539. The van der Waals surface area contributed by atoms with Gasteiger partial charge in [0.25, 0.3) is 0 Å². The molecule has 2 aromatic heterocycles. The van der Waals surface area contributed by atoms with E-state index in [1.807, 2.05) is 37.4 Å². The molecule has 0 spiro atoms. The van der Waals surface area contributed by atoms with Crippen LogP contribution in [0.5, 0.6) is 0 Å². The Kier molecular flexibility index (Phi) is 3.94. The Morgan fingerprint density at radius 3 is 2.71 bits per heavy atom. The first-order valence-corrected chi connectivity index (χ1v) is 6.95. The Labute approximate surface area is 123 Å². The fourth-order valence-electron chi connectivity index (χ4n) is 2.38. The molecule has 0 aliphatic heterocycles. The van der Waals surface area contributed by atoms with Crippen LogP contribution in [0.15, 0.2) is 48.8 Å². The van der Waals surface area contributed by atoms with Crippen LogP contribution in [-0.2, 0) is 13.6 Å². The highest BCUT2D eigenvalue weighted by molar-refractivity contribution is 5.75. The van der Waals surface area contributed by atoms with Gasteiger partial charge in [0, 0.05) is 26.0 Å². The summed E-state index contributed by atoms with van der Waals surface area (Å²) >= 11 is 0. The Balaban J connectivity index is 1.63. The van der Waals surface area contributed by atoms with Gasteiger partial charge in [-0.25, -0.2) is 4.98 Å². The van der Waals surface area contributed by atoms with Gasteiger partial charge in [0.1, 0.15) is 5.82 Å². The molecule has 21 heavy (non-hydrogen) atoms. The molecule has 0 fully saturated rings. The summed E-state index contributed by atoms with van der Waals surface area (Å²) in [4.78, 5) is 8.54. The minimum absolute atomic E-state index is 0.479. The molecule has 3 aromatic rings. The first-order chi connectivity index (χ1) is 10.3. The maximum absolute atomic E-state index is 10.1. The van der Waals surface area contributed by atoms with Gasteiger partial charge in [0.15, 0.2) is 0 Å². The van der Waals surface area contributed by atoms with Crippen LogP contribution >= 0.6 is 0 Å². The number of hydrogen-bond donors (Lipinski definition) is 2. The summed E-state index contributed by atoms with van der Waals surface area (Å²) in [5, 5.41) is 13.3. The topological polar surface area (TPSA) is 63.0 Å². The standard InChI is InChI=1S/C16H18N4O/c1-20-14-5-3-2-4-13(14)19-16(20)11-18-10-15(21)12-6-8-17-9-7-12/h2-9,15,18,21H,10-11H2,1H3. The fourth-order valence-corrected chi connectivity index (χ4v) is 2.38. The van der Waals surface area contributed by atoms with Gasteiger partial charge in [0.05, 0.1) is 23.7 Å². The van der Waals surface area contributed by atoms with Crippen molar-refractivity contribution < 1.29 is 5.11 Å². The molecule has 0 aliphatic rings. The van der Waals surface area contributed by atoms with Crippen LogP contribution in [-0.4, -0.2) is 26.2 Å². The number of fused-ring (bicyclic) bond motifs is 1. The summed E-state index contributed by atoms with van der Waals surface area (Å²) < 4.78 is 2.07. The number of benzene rings is 1. The summed E-state index contributed by atoms with van der Waals surface area (Å²) in [7, 11) is 2.01. The average molecular weight is 282 g/mol. The Morgan fingerprint density at radius 2 is 1.95 bits per heavy atom. The van der Waals surface area contributed by atoms with E-state index in [1.165, 1.54) is 0 Å². The lowest BCUT2D eigenvalue weighted by Gasteiger charge is -2.11. The van der Waals surface area contributed by atoms with Crippen molar-refractivity contribution >= 4 is 11.0 Å². The fraction of sp³-hybridized carbons (Fsp3) is 0.250. The predicted octanol–water partition coefficient (Wildman–Crippen LogP) is 1.79. The minimum Gasteiger partial charge on any atom is -0.387 e. The molecule has 0 aliphatic carbocycles. The third-order valence-electron chi connectivity index (χ3n) is 3.59. The monoisotopic (exact) mass is 282 g/mol. The number of rotatable bonds is 5. The van der Waals surface area contributed by atoms with Gasteiger partial charge in [-0.15, -0.1) is 0 Å². The molecule has 3 rings (SSSR count). The first kappa shape index (κ1) is 13.7. The highest BCUT2D eigenvalue weighted by Gasteiger charge is 2.09. The van der Waals surface area contributed by atoms with E-state index in [4.69, 9.17) is 0 Å². The molecule has 0 saturated heterocycles. The van der Waals surface area contributed by atoms with Gasteiger partial charge in [-0.2, -0.15) is 0 Å². The molecule has 0 saturated carbocycles. The Hall–Kier alpha value is -2.24. The highest BCUT2D eigenvalue weighted by atomic mass is 16.3. The van der Waals surface area contributed by atoms with Crippen molar-refractivity contribution in [2.75, 3.05) is 6.54 Å². The highest BCUT2D eigenvalue weighted by Crippen LogP contribution is 2.14. The van der Waals surface area contributed by atoms with Gasteiger partial charge < -0.3 is 15.0 Å². The molecule has 2 N–H and O–H groups in total. The van der Waals surface area contributed by atoms with Crippen molar-refractivity contribution in [3.63, 3.8) is 0 Å². The van der Waals surface area contributed by atoms with Crippen LogP contribution in [0.25, 0.3) is 11.0 Å². The lowest BCUT2D eigenvalue weighted by molar-refractivity contribution is 0.174. The second-order valence-electron chi connectivity index (χ2n) is 5.00. The van der Waals surface area contributed by atoms with Crippen LogP contribution in [0, 0.1) is 0 Å². The molecule has 5 heteroatoms. The second-order valence-corrected chi connectivity index (χ2v) is 5.00. The van der Waals surface area contributed by atoms with E-state index in [0.717, 1.165) is 22.4 Å². The van der Waals surface area contributed by atoms with Crippen molar-refractivity contribution in [3.05, 3.63) is 60.2 Å². The molecule has 5 nitrogen and oxygen atoms in total. The van der Waals surface area contributed by atoms with Crippen LogP contribution in [0.2, 0.25) is 0 Å². The molecule has 108 valence electrons. The molecule has 0 bridgehead atoms. The van der Waals surface area contributed by atoms with E-state index in [-0.39, 0.29) is 0 Å². The predicted molar refractivity (Wildman–Crippen MR) is 81.6 cm³/mol. The van der Waals surface area contributed by atoms with Crippen LogP contribution in [0.1, 0.15) is 17.5 Å². The third-order valence-corrected chi connectivity index (χ3v) is 3.59. The zero-order valence-corrected chi connectivity index (χ0v) is 11.9. The van der Waals surface area contributed by atoms with Crippen molar-refractivity contribution in [2.24, 2.45) is 7.05 Å². The molecule has 2 heterocycles. The van der Waals surface area contributed by atoms with Crippen molar-refractivity contribution in [3.8, 4) is 0 Å². The molecule has 0 amide bonds. The summed E-state index contributed by atoms with van der Waals surface area (Å²) in [5.41, 5.74) is 2.97. The summed E-state index contributed by atoms with van der Waals surface area (Å²) in [5.74, 6) is 0.957. The maximum atomic E-state index is 10.1. The van der Waals surface area contributed by atoms with E-state index in [0.29, 0.717) is 13.1 Å². The van der Waals surface area contributed by atoms with Gasteiger partial charge in [-0.1, -0.05) is 12.1 Å². The number of imidazole rings is 1. The molecular formula is C16H18N4O. The van der Waals surface area contributed by atoms with Crippen molar-refractivity contribution in [1.29, 1.82) is 0 Å².